The number of hydrogen-bond acceptors (Lipinski definition) is 0. The molecular weight excluding hydrogens is 144 g/mol. The van der Waals surface area contributed by atoms with Crippen molar-refractivity contribution < 1.29 is 0 Å². The van der Waals surface area contributed by atoms with Gasteiger partial charge in [-0.3, -0.25) is 0 Å². The highest BCUT2D eigenvalue weighted by molar-refractivity contribution is 4.95. The molecule has 0 aromatic heterocycles. The topological polar surface area (TPSA) is 0 Å². The fourth-order valence-corrected chi connectivity index (χ4v) is 3.41. The van der Waals surface area contributed by atoms with Gasteiger partial charge in [0.2, 0.25) is 0 Å². The van der Waals surface area contributed by atoms with Crippen LogP contribution < -0.4 is 0 Å². The summed E-state index contributed by atoms with van der Waals surface area (Å²) in [6.45, 7) is 2.31. The van der Waals surface area contributed by atoms with E-state index >= 15 is 0 Å². The van der Waals surface area contributed by atoms with Gasteiger partial charge in [0.25, 0.3) is 0 Å². The third-order valence-corrected chi connectivity index (χ3v) is 4.20. The van der Waals surface area contributed by atoms with Crippen molar-refractivity contribution >= 4 is 0 Å². The van der Waals surface area contributed by atoms with E-state index in [1.54, 1.807) is 38.5 Å². The van der Waals surface area contributed by atoms with Gasteiger partial charge in [0.05, 0.1) is 0 Å². The predicted molar refractivity (Wildman–Crippen MR) is 53.2 cm³/mol. The Balaban J connectivity index is 1.78. The molecule has 0 radical (unpaired) electrons. The molecule has 0 atom stereocenters. The summed E-state index contributed by atoms with van der Waals surface area (Å²) in [4.78, 5) is 0. The Hall–Kier alpha value is 0. The summed E-state index contributed by atoms with van der Waals surface area (Å²) >= 11 is 0. The number of fused-ring (bicyclic) bond motifs is 2. The van der Waals surface area contributed by atoms with Gasteiger partial charge in [0.1, 0.15) is 0 Å². The lowest BCUT2D eigenvalue weighted by Crippen LogP contribution is -2.13. The van der Waals surface area contributed by atoms with Gasteiger partial charge in [-0.05, 0) is 49.9 Å². The Morgan fingerprint density at radius 2 is 1.92 bits per heavy atom. The van der Waals surface area contributed by atoms with Crippen LogP contribution in [-0.2, 0) is 0 Å². The summed E-state index contributed by atoms with van der Waals surface area (Å²) in [6, 6.07) is 0. The Bertz CT molecular complexity index is 140. The zero-order chi connectivity index (χ0) is 8.44. The molecule has 2 bridgehead atoms. The summed E-state index contributed by atoms with van der Waals surface area (Å²) in [5, 5.41) is 0. The summed E-state index contributed by atoms with van der Waals surface area (Å²) in [5.41, 5.74) is 0.861. The molecule has 0 aromatic rings. The molecule has 0 aliphatic heterocycles. The lowest BCUT2D eigenvalue weighted by Gasteiger charge is -2.26. The molecule has 70 valence electrons. The van der Waals surface area contributed by atoms with Crippen LogP contribution in [-0.4, -0.2) is 0 Å². The summed E-state index contributed by atoms with van der Waals surface area (Å²) in [5.74, 6) is 1.15. The van der Waals surface area contributed by atoms with E-state index in [-0.39, 0.29) is 0 Å². The van der Waals surface area contributed by atoms with Crippen molar-refractivity contribution in [3.8, 4) is 0 Å². The summed E-state index contributed by atoms with van der Waals surface area (Å²) < 4.78 is 0. The van der Waals surface area contributed by atoms with Crippen molar-refractivity contribution in [3.63, 3.8) is 0 Å². The molecule has 0 aromatic carbocycles. The van der Waals surface area contributed by atoms with Crippen LogP contribution in [0.5, 0.6) is 0 Å². The second-order valence-electron chi connectivity index (χ2n) is 5.10. The lowest BCUT2D eigenvalue weighted by molar-refractivity contribution is 0.261. The molecule has 2 aliphatic carbocycles. The lowest BCUT2D eigenvalue weighted by atomic mass is 9.80. The second kappa shape index (κ2) is 3.40. The summed E-state index contributed by atoms with van der Waals surface area (Å²) in [7, 11) is 0. The third-order valence-electron chi connectivity index (χ3n) is 4.20. The van der Waals surface area contributed by atoms with E-state index < -0.39 is 0 Å². The van der Waals surface area contributed by atoms with E-state index in [2.05, 4.69) is 6.92 Å². The third kappa shape index (κ3) is 1.53. The van der Waals surface area contributed by atoms with Crippen LogP contribution in [0.2, 0.25) is 0 Å². The largest absolute Gasteiger partial charge is 0.0654 e. The monoisotopic (exact) mass is 166 g/mol. The van der Waals surface area contributed by atoms with Crippen LogP contribution in [0.4, 0.5) is 0 Å². The van der Waals surface area contributed by atoms with Gasteiger partial charge in [-0.15, -0.1) is 0 Å². The number of unbranched alkanes of at least 4 members (excludes halogenated alkanes) is 2. The standard InChI is InChI=1S/C12H22/c1-2-3-4-7-12-8-5-11(10-12)6-9-12/h11H,2-10H2,1H3. The van der Waals surface area contributed by atoms with Crippen LogP contribution >= 0.6 is 0 Å². The van der Waals surface area contributed by atoms with E-state index in [0.717, 1.165) is 11.3 Å². The predicted octanol–water partition coefficient (Wildman–Crippen LogP) is 4.15. The SMILES string of the molecule is CCCCCC12CCC(CC1)C2. The first-order valence-electron chi connectivity index (χ1n) is 5.85. The van der Waals surface area contributed by atoms with E-state index in [4.69, 9.17) is 0 Å². The van der Waals surface area contributed by atoms with Gasteiger partial charge in [0, 0.05) is 0 Å². The molecular formula is C12H22. The second-order valence-corrected chi connectivity index (χ2v) is 5.10. The maximum absolute atomic E-state index is 2.31. The van der Waals surface area contributed by atoms with Crippen molar-refractivity contribution in [1.82, 2.24) is 0 Å². The number of rotatable bonds is 4. The Kier molecular flexibility index (Phi) is 2.43. The van der Waals surface area contributed by atoms with Crippen molar-refractivity contribution in [2.45, 2.75) is 64.7 Å². The van der Waals surface area contributed by atoms with Gasteiger partial charge in [-0.2, -0.15) is 0 Å². The highest BCUT2D eigenvalue weighted by Crippen LogP contribution is 2.56. The molecule has 0 heteroatoms. The van der Waals surface area contributed by atoms with Crippen molar-refractivity contribution in [2.24, 2.45) is 11.3 Å². The fraction of sp³-hybridized carbons (Fsp3) is 1.00. The first-order valence-corrected chi connectivity index (χ1v) is 5.85. The van der Waals surface area contributed by atoms with E-state index in [1.807, 2.05) is 0 Å². The van der Waals surface area contributed by atoms with Crippen LogP contribution in [0.3, 0.4) is 0 Å². The molecule has 2 fully saturated rings. The normalized spacial score (nSPS) is 39.2. The minimum atomic E-state index is 0.861. The van der Waals surface area contributed by atoms with Crippen LogP contribution in [0.25, 0.3) is 0 Å². The average molecular weight is 166 g/mol. The Labute approximate surface area is 76.7 Å². The van der Waals surface area contributed by atoms with Crippen LogP contribution in [0.15, 0.2) is 0 Å². The Morgan fingerprint density at radius 3 is 2.42 bits per heavy atom. The fourth-order valence-electron chi connectivity index (χ4n) is 3.41. The first kappa shape index (κ1) is 8.59. The molecule has 0 heterocycles. The molecule has 12 heavy (non-hydrogen) atoms. The van der Waals surface area contributed by atoms with Gasteiger partial charge in [-0.25, -0.2) is 0 Å². The quantitative estimate of drug-likeness (QED) is 0.550. The average Bonchev–Trinajstić information content (AvgIpc) is 2.64. The molecule has 2 saturated carbocycles. The molecule has 2 aliphatic rings. The molecule has 2 rings (SSSR count). The maximum atomic E-state index is 2.31. The highest BCUT2D eigenvalue weighted by Gasteiger charge is 2.43. The maximum Gasteiger partial charge on any atom is -0.0295 e. The minimum absolute atomic E-state index is 0.861. The first-order chi connectivity index (χ1) is 5.85. The van der Waals surface area contributed by atoms with Gasteiger partial charge >= 0.3 is 0 Å². The number of hydrogen-bond donors (Lipinski definition) is 0. The molecule has 0 spiro atoms. The van der Waals surface area contributed by atoms with Crippen molar-refractivity contribution in [1.29, 1.82) is 0 Å². The minimum Gasteiger partial charge on any atom is -0.0654 e. The molecule has 0 saturated heterocycles. The van der Waals surface area contributed by atoms with E-state index in [1.165, 1.54) is 19.3 Å². The zero-order valence-corrected chi connectivity index (χ0v) is 8.44. The van der Waals surface area contributed by atoms with E-state index in [9.17, 15) is 0 Å². The molecule has 0 nitrogen and oxygen atoms in total. The molecule has 0 amide bonds. The molecule has 0 N–H and O–H groups in total. The van der Waals surface area contributed by atoms with Crippen LogP contribution in [0.1, 0.15) is 64.7 Å². The summed E-state index contributed by atoms with van der Waals surface area (Å²) in [6.07, 6.45) is 13.8. The Morgan fingerprint density at radius 1 is 1.17 bits per heavy atom. The van der Waals surface area contributed by atoms with Gasteiger partial charge in [-0.1, -0.05) is 26.2 Å². The van der Waals surface area contributed by atoms with Gasteiger partial charge in [0.15, 0.2) is 0 Å². The highest BCUT2D eigenvalue weighted by atomic mass is 14.5. The van der Waals surface area contributed by atoms with Crippen molar-refractivity contribution in [3.05, 3.63) is 0 Å². The zero-order valence-electron chi connectivity index (χ0n) is 8.44. The smallest absolute Gasteiger partial charge is 0.0295 e. The molecule has 0 unspecified atom stereocenters. The van der Waals surface area contributed by atoms with E-state index in [0.29, 0.717) is 0 Å². The van der Waals surface area contributed by atoms with Crippen molar-refractivity contribution in [2.75, 3.05) is 0 Å². The van der Waals surface area contributed by atoms with Gasteiger partial charge < -0.3 is 0 Å². The van der Waals surface area contributed by atoms with Crippen LogP contribution in [0, 0.1) is 11.3 Å².